The van der Waals surface area contributed by atoms with Gasteiger partial charge in [0.05, 0.1) is 11.4 Å². The summed E-state index contributed by atoms with van der Waals surface area (Å²) in [5.74, 6) is 1.60. The van der Waals surface area contributed by atoms with Crippen molar-refractivity contribution in [3.8, 4) is 5.75 Å². The van der Waals surface area contributed by atoms with Crippen molar-refractivity contribution in [2.75, 3.05) is 32.8 Å². The van der Waals surface area contributed by atoms with Gasteiger partial charge in [-0.15, -0.1) is 35.3 Å². The summed E-state index contributed by atoms with van der Waals surface area (Å²) in [5.41, 5.74) is 1.22. The van der Waals surface area contributed by atoms with Gasteiger partial charge in [-0.3, -0.25) is 9.79 Å². The lowest BCUT2D eigenvalue weighted by atomic mass is 10.2. The minimum Gasteiger partial charge on any atom is -0.492 e. The molecule has 0 saturated heterocycles. The number of nitrogens with zero attached hydrogens (tertiary/aromatic N) is 1. The van der Waals surface area contributed by atoms with Crippen molar-refractivity contribution in [3.05, 3.63) is 52.2 Å². The number of ether oxygens (including phenoxy) is 1. The Morgan fingerprint density at radius 1 is 1.11 bits per heavy atom. The number of amides is 1. The smallest absolute Gasteiger partial charge is 0.261 e. The molecule has 1 amide bonds. The Morgan fingerprint density at radius 3 is 2.57 bits per heavy atom. The van der Waals surface area contributed by atoms with Crippen LogP contribution in [0.5, 0.6) is 5.75 Å². The Bertz CT molecular complexity index is 706. The zero-order chi connectivity index (χ0) is 19.3. The molecule has 1 heterocycles. The second kappa shape index (κ2) is 14.2. The first-order chi connectivity index (χ1) is 13.2. The molecule has 1 aromatic carbocycles. The number of carbonyl (C=O) groups excluding carboxylic acids is 1. The molecule has 2 aromatic rings. The first kappa shape index (κ1) is 24.2. The number of halogens is 1. The van der Waals surface area contributed by atoms with Gasteiger partial charge in [0, 0.05) is 19.6 Å². The average molecular weight is 516 g/mol. The largest absolute Gasteiger partial charge is 0.492 e. The fraction of sp³-hybridized carbons (Fsp3) is 0.400. The van der Waals surface area contributed by atoms with E-state index in [2.05, 4.69) is 27.9 Å². The fourth-order valence-electron chi connectivity index (χ4n) is 2.28. The summed E-state index contributed by atoms with van der Waals surface area (Å²) in [7, 11) is 0. The van der Waals surface area contributed by atoms with Gasteiger partial charge in [-0.05, 0) is 43.8 Å². The van der Waals surface area contributed by atoms with Gasteiger partial charge in [0.25, 0.3) is 5.91 Å². The molecule has 3 N–H and O–H groups in total. The molecule has 0 unspecified atom stereocenters. The number of guanidine groups is 1. The Morgan fingerprint density at radius 2 is 1.89 bits per heavy atom. The number of aryl methyl sites for hydroxylation is 1. The average Bonchev–Trinajstić information content (AvgIpc) is 3.21. The maximum Gasteiger partial charge on any atom is 0.261 e. The molecule has 0 atom stereocenters. The molecule has 28 heavy (non-hydrogen) atoms. The first-order valence-corrected chi connectivity index (χ1v) is 10.1. The number of nitrogens with one attached hydrogen (secondary N) is 3. The number of carbonyl (C=O) groups is 1. The van der Waals surface area contributed by atoms with Gasteiger partial charge in [-0.1, -0.05) is 23.8 Å². The van der Waals surface area contributed by atoms with Crippen LogP contribution in [0.3, 0.4) is 0 Å². The monoisotopic (exact) mass is 516 g/mol. The van der Waals surface area contributed by atoms with Gasteiger partial charge in [-0.25, -0.2) is 0 Å². The Balaban J connectivity index is 0.00000392. The minimum absolute atomic E-state index is 0. The van der Waals surface area contributed by atoms with Crippen molar-refractivity contribution in [2.45, 2.75) is 20.3 Å². The summed E-state index contributed by atoms with van der Waals surface area (Å²) in [5, 5.41) is 11.3. The SMILES string of the molecule is CCNC(=NCCCNC(=O)c1cccs1)NCCOc1ccc(C)cc1.I. The van der Waals surface area contributed by atoms with Gasteiger partial charge in [0.2, 0.25) is 0 Å². The van der Waals surface area contributed by atoms with E-state index in [9.17, 15) is 4.79 Å². The standard InChI is InChI=1S/C20H28N4O2S.HI/c1-3-21-20(24-13-14-26-17-9-7-16(2)8-10-17)23-12-5-11-22-19(25)18-6-4-15-27-18;/h4,6-10,15H,3,5,11-14H2,1-2H3,(H,22,25)(H2,21,23,24);1H. The van der Waals surface area contributed by atoms with E-state index in [4.69, 9.17) is 4.74 Å². The van der Waals surface area contributed by atoms with Crippen LogP contribution in [0.15, 0.2) is 46.8 Å². The molecule has 0 aliphatic heterocycles. The van der Waals surface area contributed by atoms with E-state index in [0.717, 1.165) is 29.6 Å². The van der Waals surface area contributed by atoms with E-state index in [1.165, 1.54) is 16.9 Å². The third-order valence-corrected chi connectivity index (χ3v) is 4.53. The van der Waals surface area contributed by atoms with Crippen LogP contribution in [0.4, 0.5) is 0 Å². The maximum absolute atomic E-state index is 11.8. The molecular formula is C20H29IN4O2S. The van der Waals surface area contributed by atoms with Crippen molar-refractivity contribution in [1.29, 1.82) is 0 Å². The molecule has 8 heteroatoms. The third kappa shape index (κ3) is 9.41. The number of rotatable bonds is 10. The molecular weight excluding hydrogens is 487 g/mol. The van der Waals surface area contributed by atoms with Crippen LogP contribution >= 0.6 is 35.3 Å². The molecule has 0 spiro atoms. The lowest BCUT2D eigenvalue weighted by molar-refractivity contribution is 0.0957. The molecule has 0 radical (unpaired) electrons. The molecule has 2 rings (SSSR count). The quantitative estimate of drug-likeness (QED) is 0.196. The predicted molar refractivity (Wildman–Crippen MR) is 127 cm³/mol. The van der Waals surface area contributed by atoms with Crippen LogP contribution in [0, 0.1) is 6.92 Å². The molecule has 0 fully saturated rings. The lowest BCUT2D eigenvalue weighted by Crippen LogP contribution is -2.39. The topological polar surface area (TPSA) is 74.8 Å². The Hall–Kier alpha value is -1.81. The molecule has 1 aromatic heterocycles. The molecule has 0 bridgehead atoms. The third-order valence-electron chi connectivity index (χ3n) is 3.66. The normalized spacial score (nSPS) is 10.7. The fourth-order valence-corrected chi connectivity index (χ4v) is 2.92. The van der Waals surface area contributed by atoms with Crippen molar-refractivity contribution >= 4 is 47.2 Å². The highest BCUT2D eigenvalue weighted by Gasteiger charge is 2.04. The molecule has 0 aliphatic carbocycles. The highest BCUT2D eigenvalue weighted by Crippen LogP contribution is 2.10. The van der Waals surface area contributed by atoms with E-state index in [1.54, 1.807) is 0 Å². The van der Waals surface area contributed by atoms with Crippen LogP contribution in [0.1, 0.15) is 28.6 Å². The second-order valence-electron chi connectivity index (χ2n) is 5.94. The summed E-state index contributed by atoms with van der Waals surface area (Å²) < 4.78 is 5.70. The van der Waals surface area contributed by atoms with Crippen molar-refractivity contribution in [2.24, 2.45) is 4.99 Å². The summed E-state index contributed by atoms with van der Waals surface area (Å²) in [6.45, 7) is 7.34. The van der Waals surface area contributed by atoms with Crippen LogP contribution in [0.2, 0.25) is 0 Å². The van der Waals surface area contributed by atoms with Crippen molar-refractivity contribution in [3.63, 3.8) is 0 Å². The highest BCUT2D eigenvalue weighted by atomic mass is 127. The summed E-state index contributed by atoms with van der Waals surface area (Å²) in [4.78, 5) is 17.1. The van der Waals surface area contributed by atoms with Crippen molar-refractivity contribution in [1.82, 2.24) is 16.0 Å². The number of hydrogen-bond acceptors (Lipinski definition) is 4. The second-order valence-corrected chi connectivity index (χ2v) is 6.88. The highest BCUT2D eigenvalue weighted by molar-refractivity contribution is 14.0. The van der Waals surface area contributed by atoms with Crippen LogP contribution in [-0.4, -0.2) is 44.7 Å². The minimum atomic E-state index is -0.0211. The zero-order valence-electron chi connectivity index (χ0n) is 16.4. The lowest BCUT2D eigenvalue weighted by Gasteiger charge is -2.12. The van der Waals surface area contributed by atoms with Crippen LogP contribution in [-0.2, 0) is 0 Å². The molecule has 6 nitrogen and oxygen atoms in total. The van der Waals surface area contributed by atoms with Crippen LogP contribution < -0.4 is 20.7 Å². The Kier molecular flexibility index (Phi) is 12.3. The molecule has 154 valence electrons. The number of aliphatic imine (C=N–C) groups is 1. The van der Waals surface area contributed by atoms with E-state index in [1.807, 2.05) is 48.7 Å². The van der Waals surface area contributed by atoms with Gasteiger partial charge in [0.15, 0.2) is 5.96 Å². The van der Waals surface area contributed by atoms with Crippen LogP contribution in [0.25, 0.3) is 0 Å². The summed E-state index contributed by atoms with van der Waals surface area (Å²) in [6, 6.07) is 11.7. The van der Waals surface area contributed by atoms with Crippen molar-refractivity contribution < 1.29 is 9.53 Å². The summed E-state index contributed by atoms with van der Waals surface area (Å²) >= 11 is 1.45. The predicted octanol–water partition coefficient (Wildman–Crippen LogP) is 3.43. The number of thiophene rings is 1. The molecule has 0 saturated carbocycles. The van der Waals surface area contributed by atoms with E-state index in [-0.39, 0.29) is 29.9 Å². The van der Waals surface area contributed by atoms with Gasteiger partial charge < -0.3 is 20.7 Å². The maximum atomic E-state index is 11.8. The number of benzene rings is 1. The molecule has 0 aliphatic rings. The van der Waals surface area contributed by atoms with Gasteiger partial charge in [0.1, 0.15) is 12.4 Å². The van der Waals surface area contributed by atoms with Gasteiger partial charge >= 0.3 is 0 Å². The number of hydrogen-bond donors (Lipinski definition) is 3. The first-order valence-electron chi connectivity index (χ1n) is 9.22. The van der Waals surface area contributed by atoms with E-state index < -0.39 is 0 Å². The van der Waals surface area contributed by atoms with Gasteiger partial charge in [-0.2, -0.15) is 0 Å². The summed E-state index contributed by atoms with van der Waals surface area (Å²) in [6.07, 6.45) is 0.785. The van der Waals surface area contributed by atoms with E-state index in [0.29, 0.717) is 26.2 Å². The van der Waals surface area contributed by atoms with E-state index >= 15 is 0 Å². The zero-order valence-corrected chi connectivity index (χ0v) is 19.5. The Labute approximate surface area is 188 Å².